The summed E-state index contributed by atoms with van der Waals surface area (Å²) >= 11 is 0. The number of carboxylic acid groups (broad SMARTS) is 1. The van der Waals surface area contributed by atoms with E-state index in [0.717, 1.165) is 11.4 Å². The second kappa shape index (κ2) is 4.80. The predicted molar refractivity (Wildman–Crippen MR) is 71.7 cm³/mol. The predicted octanol–water partition coefficient (Wildman–Crippen LogP) is 1.31. The lowest BCUT2D eigenvalue weighted by Gasteiger charge is -2.16. The fourth-order valence-electron chi connectivity index (χ4n) is 2.34. The molecule has 1 fully saturated rings. The van der Waals surface area contributed by atoms with Gasteiger partial charge in [-0.2, -0.15) is 0 Å². The highest BCUT2D eigenvalue weighted by Gasteiger charge is 2.34. The van der Waals surface area contributed by atoms with Gasteiger partial charge in [-0.15, -0.1) is 0 Å². The quantitative estimate of drug-likeness (QED) is 0.913. The lowest BCUT2D eigenvalue weighted by atomic mass is 10.1. The first-order valence-corrected chi connectivity index (χ1v) is 6.27. The Bertz CT molecular complexity index is 634. The molecule has 20 heavy (non-hydrogen) atoms. The summed E-state index contributed by atoms with van der Waals surface area (Å²) in [6.07, 6.45) is 5.28. The van der Waals surface area contributed by atoms with Gasteiger partial charge in [0.1, 0.15) is 0 Å². The molecule has 1 unspecified atom stereocenters. The molecule has 0 spiro atoms. The van der Waals surface area contributed by atoms with Crippen molar-refractivity contribution < 1.29 is 14.7 Å². The van der Waals surface area contributed by atoms with E-state index in [9.17, 15) is 9.59 Å². The van der Waals surface area contributed by atoms with E-state index >= 15 is 0 Å². The Kier molecular flexibility index (Phi) is 2.98. The van der Waals surface area contributed by atoms with E-state index in [0.29, 0.717) is 0 Å². The van der Waals surface area contributed by atoms with Gasteiger partial charge in [0.15, 0.2) is 0 Å². The van der Waals surface area contributed by atoms with Crippen molar-refractivity contribution in [2.24, 2.45) is 5.92 Å². The Labute approximate surface area is 115 Å². The minimum absolute atomic E-state index is 0.0681. The number of rotatable bonds is 3. The molecule has 1 aromatic carbocycles. The Hall–Kier alpha value is -2.63. The van der Waals surface area contributed by atoms with Crippen LogP contribution >= 0.6 is 0 Å². The molecule has 1 aliphatic heterocycles. The number of amides is 1. The third-order valence-corrected chi connectivity index (χ3v) is 3.44. The summed E-state index contributed by atoms with van der Waals surface area (Å²) in [5.74, 6) is -1.68. The van der Waals surface area contributed by atoms with Gasteiger partial charge in [-0.25, -0.2) is 4.98 Å². The molecule has 2 aromatic rings. The summed E-state index contributed by atoms with van der Waals surface area (Å²) in [5.41, 5.74) is 1.66. The molecule has 1 aliphatic rings. The van der Waals surface area contributed by atoms with E-state index in [-0.39, 0.29) is 18.9 Å². The van der Waals surface area contributed by atoms with Crippen molar-refractivity contribution >= 4 is 17.6 Å². The van der Waals surface area contributed by atoms with E-state index in [1.54, 1.807) is 12.5 Å². The van der Waals surface area contributed by atoms with Gasteiger partial charge in [0.2, 0.25) is 5.91 Å². The zero-order chi connectivity index (χ0) is 14.1. The molecular formula is C14H13N3O3. The summed E-state index contributed by atoms with van der Waals surface area (Å²) < 4.78 is 1.86. The van der Waals surface area contributed by atoms with Crippen molar-refractivity contribution in [1.82, 2.24) is 9.55 Å². The Morgan fingerprint density at radius 3 is 2.50 bits per heavy atom. The van der Waals surface area contributed by atoms with Gasteiger partial charge in [-0.1, -0.05) is 0 Å². The number of benzene rings is 1. The van der Waals surface area contributed by atoms with Gasteiger partial charge in [-0.05, 0) is 24.3 Å². The highest BCUT2D eigenvalue weighted by molar-refractivity contribution is 5.99. The topological polar surface area (TPSA) is 75.4 Å². The highest BCUT2D eigenvalue weighted by atomic mass is 16.4. The molecule has 0 aliphatic carbocycles. The standard InChI is InChI=1S/C14H13N3O3/c18-13-7-10(14(19)20)8-17(13)12-3-1-11(2-4-12)16-6-5-15-9-16/h1-6,9-10H,7-8H2,(H,19,20). The molecule has 2 heterocycles. The molecule has 0 bridgehead atoms. The number of anilines is 1. The van der Waals surface area contributed by atoms with E-state index in [4.69, 9.17) is 5.11 Å². The van der Waals surface area contributed by atoms with Gasteiger partial charge in [0.25, 0.3) is 0 Å². The maximum Gasteiger partial charge on any atom is 0.308 e. The number of hydrogen-bond acceptors (Lipinski definition) is 3. The summed E-state index contributed by atoms with van der Waals surface area (Å²) in [4.78, 5) is 28.3. The zero-order valence-corrected chi connectivity index (χ0v) is 10.6. The van der Waals surface area contributed by atoms with Crippen LogP contribution in [0.25, 0.3) is 5.69 Å². The number of hydrogen-bond donors (Lipinski definition) is 1. The van der Waals surface area contributed by atoms with E-state index in [1.807, 2.05) is 35.0 Å². The Morgan fingerprint density at radius 1 is 1.25 bits per heavy atom. The van der Waals surface area contributed by atoms with Crippen molar-refractivity contribution in [3.8, 4) is 5.69 Å². The van der Waals surface area contributed by atoms with E-state index in [1.165, 1.54) is 4.90 Å². The van der Waals surface area contributed by atoms with Crippen LogP contribution in [0.15, 0.2) is 43.0 Å². The van der Waals surface area contributed by atoms with Crippen LogP contribution in [0.1, 0.15) is 6.42 Å². The number of nitrogens with zero attached hydrogens (tertiary/aromatic N) is 3. The maximum atomic E-state index is 11.9. The van der Waals surface area contributed by atoms with Crippen LogP contribution in [0.2, 0.25) is 0 Å². The van der Waals surface area contributed by atoms with Crippen LogP contribution in [-0.4, -0.2) is 33.1 Å². The Balaban J connectivity index is 1.82. The van der Waals surface area contributed by atoms with Gasteiger partial charge < -0.3 is 14.6 Å². The smallest absolute Gasteiger partial charge is 0.308 e. The first-order chi connectivity index (χ1) is 9.65. The normalized spacial score (nSPS) is 18.5. The van der Waals surface area contributed by atoms with Gasteiger partial charge in [0, 0.05) is 36.7 Å². The Morgan fingerprint density at radius 2 is 1.95 bits per heavy atom. The molecule has 3 rings (SSSR count). The van der Waals surface area contributed by atoms with Crippen molar-refractivity contribution in [3.05, 3.63) is 43.0 Å². The van der Waals surface area contributed by atoms with Crippen molar-refractivity contribution in [3.63, 3.8) is 0 Å². The van der Waals surface area contributed by atoms with E-state index in [2.05, 4.69) is 4.98 Å². The molecule has 0 saturated carbocycles. The molecular weight excluding hydrogens is 258 g/mol. The average molecular weight is 271 g/mol. The monoisotopic (exact) mass is 271 g/mol. The van der Waals surface area contributed by atoms with Gasteiger partial charge in [0.05, 0.1) is 12.2 Å². The summed E-state index contributed by atoms with van der Waals surface area (Å²) in [5, 5.41) is 8.98. The molecule has 1 N–H and O–H groups in total. The molecule has 6 heteroatoms. The van der Waals surface area contributed by atoms with Crippen LogP contribution in [0, 0.1) is 5.92 Å². The van der Waals surface area contributed by atoms with E-state index < -0.39 is 11.9 Å². The van der Waals surface area contributed by atoms with Crippen molar-refractivity contribution in [1.29, 1.82) is 0 Å². The van der Waals surface area contributed by atoms with Crippen molar-refractivity contribution in [2.75, 3.05) is 11.4 Å². The third kappa shape index (κ3) is 2.16. The number of carbonyl (C=O) groups excluding carboxylic acids is 1. The first kappa shape index (κ1) is 12.4. The number of aliphatic carboxylic acids is 1. The van der Waals surface area contributed by atoms with Gasteiger partial charge in [-0.3, -0.25) is 9.59 Å². The molecule has 1 atom stereocenters. The largest absolute Gasteiger partial charge is 0.481 e. The fraction of sp³-hybridized carbons (Fsp3) is 0.214. The third-order valence-electron chi connectivity index (χ3n) is 3.44. The first-order valence-electron chi connectivity index (χ1n) is 6.27. The highest BCUT2D eigenvalue weighted by Crippen LogP contribution is 2.26. The number of imidazole rings is 1. The average Bonchev–Trinajstić information content (AvgIpc) is 3.08. The van der Waals surface area contributed by atoms with Crippen LogP contribution in [0.5, 0.6) is 0 Å². The lowest BCUT2D eigenvalue weighted by Crippen LogP contribution is -2.25. The van der Waals surface area contributed by atoms with Crippen LogP contribution < -0.4 is 4.90 Å². The number of carbonyl (C=O) groups is 2. The van der Waals surface area contributed by atoms with Crippen LogP contribution in [0.4, 0.5) is 5.69 Å². The maximum absolute atomic E-state index is 11.9. The molecule has 1 saturated heterocycles. The minimum atomic E-state index is -0.920. The zero-order valence-electron chi connectivity index (χ0n) is 10.6. The SMILES string of the molecule is O=C(O)C1CC(=O)N(c2ccc(-n3ccnc3)cc2)C1. The number of aromatic nitrogens is 2. The molecule has 6 nitrogen and oxygen atoms in total. The van der Waals surface area contributed by atoms with Gasteiger partial charge >= 0.3 is 5.97 Å². The van der Waals surface area contributed by atoms with Crippen molar-refractivity contribution in [2.45, 2.75) is 6.42 Å². The summed E-state index contributed by atoms with van der Waals surface area (Å²) in [6, 6.07) is 7.38. The second-order valence-corrected chi connectivity index (χ2v) is 4.73. The lowest BCUT2D eigenvalue weighted by molar-refractivity contribution is -0.141. The molecule has 1 amide bonds. The second-order valence-electron chi connectivity index (χ2n) is 4.73. The summed E-state index contributed by atoms with van der Waals surface area (Å²) in [7, 11) is 0. The fourth-order valence-corrected chi connectivity index (χ4v) is 2.34. The summed E-state index contributed by atoms with van der Waals surface area (Å²) in [6.45, 7) is 0.235. The minimum Gasteiger partial charge on any atom is -0.481 e. The van der Waals surface area contributed by atoms with Crippen LogP contribution in [0.3, 0.4) is 0 Å². The molecule has 102 valence electrons. The van der Waals surface area contributed by atoms with Crippen LogP contribution in [-0.2, 0) is 9.59 Å². The molecule has 1 aromatic heterocycles. The molecule has 0 radical (unpaired) electrons. The number of carboxylic acids is 1.